The van der Waals surface area contributed by atoms with Crippen LogP contribution in [0.4, 0.5) is 11.4 Å². The van der Waals surface area contributed by atoms with E-state index in [2.05, 4.69) is 20.8 Å². The second kappa shape index (κ2) is 6.74. The van der Waals surface area contributed by atoms with Gasteiger partial charge < -0.3 is 15.1 Å². The molecule has 3 aromatic rings. The third-order valence-corrected chi connectivity index (χ3v) is 3.08. The largest absolute Gasteiger partial charge is 0.412 e. The number of nitrogens with one attached hydrogen (secondary N) is 2. The van der Waals surface area contributed by atoms with E-state index in [1.54, 1.807) is 24.3 Å². The molecule has 7 heteroatoms. The highest BCUT2D eigenvalue weighted by Gasteiger charge is 2.16. The molecule has 1 heterocycles. The Morgan fingerprint density at radius 3 is 2.33 bits per heavy atom. The van der Waals surface area contributed by atoms with Crippen molar-refractivity contribution in [3.05, 3.63) is 60.5 Å². The number of anilines is 2. The Morgan fingerprint density at radius 2 is 1.62 bits per heavy atom. The Bertz CT molecular complexity index is 874. The molecule has 0 saturated carbocycles. The van der Waals surface area contributed by atoms with E-state index in [4.69, 9.17) is 4.42 Å². The summed E-state index contributed by atoms with van der Waals surface area (Å²) in [4.78, 5) is 23.3. The van der Waals surface area contributed by atoms with Gasteiger partial charge in [0.2, 0.25) is 11.8 Å². The van der Waals surface area contributed by atoms with E-state index in [1.807, 2.05) is 30.3 Å². The summed E-state index contributed by atoms with van der Waals surface area (Å²) < 4.78 is 5.39. The summed E-state index contributed by atoms with van der Waals surface area (Å²) in [7, 11) is 0. The van der Waals surface area contributed by atoms with Crippen molar-refractivity contribution in [1.29, 1.82) is 0 Å². The lowest BCUT2D eigenvalue weighted by Crippen LogP contribution is -2.13. The van der Waals surface area contributed by atoms with Crippen LogP contribution in [0.2, 0.25) is 0 Å². The molecule has 2 amide bonds. The number of hydrogen-bond acceptors (Lipinski definition) is 5. The van der Waals surface area contributed by atoms with Gasteiger partial charge in [-0.3, -0.25) is 9.59 Å². The lowest BCUT2D eigenvalue weighted by atomic mass is 10.2. The number of carbonyl (C=O) groups is 2. The summed E-state index contributed by atoms with van der Waals surface area (Å²) in [5.74, 6) is -0.584. The van der Waals surface area contributed by atoms with E-state index in [0.29, 0.717) is 11.4 Å². The monoisotopic (exact) mass is 322 g/mol. The Morgan fingerprint density at radius 1 is 0.917 bits per heavy atom. The molecule has 2 aromatic carbocycles. The second-order valence-corrected chi connectivity index (χ2v) is 4.99. The zero-order valence-electron chi connectivity index (χ0n) is 12.8. The highest BCUT2D eigenvalue weighted by Crippen LogP contribution is 2.19. The third-order valence-electron chi connectivity index (χ3n) is 3.08. The van der Waals surface area contributed by atoms with Crippen LogP contribution in [0.15, 0.2) is 59.0 Å². The molecule has 0 spiro atoms. The first-order valence-electron chi connectivity index (χ1n) is 7.20. The third kappa shape index (κ3) is 3.64. The van der Waals surface area contributed by atoms with Crippen LogP contribution in [0.1, 0.15) is 17.6 Å². The zero-order chi connectivity index (χ0) is 16.9. The average molecular weight is 322 g/mol. The number of rotatable bonds is 4. The number of amides is 2. The van der Waals surface area contributed by atoms with Crippen molar-refractivity contribution in [3.8, 4) is 11.5 Å². The number of carbonyl (C=O) groups excluding carboxylic acids is 2. The Kier molecular flexibility index (Phi) is 4.33. The van der Waals surface area contributed by atoms with E-state index in [1.165, 1.54) is 6.92 Å². The number of benzene rings is 2. The summed E-state index contributed by atoms with van der Waals surface area (Å²) in [5, 5.41) is 12.9. The average Bonchev–Trinajstić information content (AvgIpc) is 3.05. The van der Waals surface area contributed by atoms with Gasteiger partial charge in [-0.2, -0.15) is 0 Å². The minimum Gasteiger partial charge on any atom is -0.412 e. The van der Waals surface area contributed by atoms with Gasteiger partial charge in [0.15, 0.2) is 0 Å². The predicted octanol–water partition coefficient (Wildman–Crippen LogP) is 2.95. The smallest absolute Gasteiger partial charge is 0.313 e. The summed E-state index contributed by atoms with van der Waals surface area (Å²) in [6.45, 7) is 1.41. The molecule has 3 rings (SSSR count). The Balaban J connectivity index is 1.74. The Labute approximate surface area is 137 Å². The predicted molar refractivity (Wildman–Crippen MR) is 88.4 cm³/mol. The van der Waals surface area contributed by atoms with Crippen molar-refractivity contribution in [2.24, 2.45) is 0 Å². The van der Waals surface area contributed by atoms with Crippen molar-refractivity contribution in [2.45, 2.75) is 6.92 Å². The van der Waals surface area contributed by atoms with E-state index in [0.717, 1.165) is 5.56 Å². The van der Waals surface area contributed by atoms with Crippen LogP contribution in [0.25, 0.3) is 11.5 Å². The van der Waals surface area contributed by atoms with Gasteiger partial charge in [-0.25, -0.2) is 0 Å². The summed E-state index contributed by atoms with van der Waals surface area (Å²) in [6.07, 6.45) is 0. The summed E-state index contributed by atoms with van der Waals surface area (Å²) in [5.41, 5.74) is 1.82. The number of hydrogen-bond donors (Lipinski definition) is 2. The van der Waals surface area contributed by atoms with Crippen LogP contribution >= 0.6 is 0 Å². The molecule has 2 N–H and O–H groups in total. The van der Waals surface area contributed by atoms with E-state index in [9.17, 15) is 9.59 Å². The lowest BCUT2D eigenvalue weighted by molar-refractivity contribution is -0.114. The zero-order valence-corrected chi connectivity index (χ0v) is 12.8. The normalized spacial score (nSPS) is 10.2. The van der Waals surface area contributed by atoms with Crippen molar-refractivity contribution in [3.63, 3.8) is 0 Å². The molecule has 1 aromatic heterocycles. The minimum absolute atomic E-state index is 0.140. The molecule has 0 aliphatic carbocycles. The second-order valence-electron chi connectivity index (χ2n) is 4.99. The molecule has 0 saturated heterocycles. The quantitative estimate of drug-likeness (QED) is 0.769. The van der Waals surface area contributed by atoms with E-state index in [-0.39, 0.29) is 17.7 Å². The molecule has 120 valence electrons. The van der Waals surface area contributed by atoms with Gasteiger partial charge in [0.25, 0.3) is 0 Å². The maximum absolute atomic E-state index is 12.2. The molecule has 0 radical (unpaired) electrons. The van der Waals surface area contributed by atoms with E-state index < -0.39 is 5.91 Å². The first kappa shape index (κ1) is 15.4. The van der Waals surface area contributed by atoms with Gasteiger partial charge in [0, 0.05) is 23.9 Å². The highest BCUT2D eigenvalue weighted by atomic mass is 16.4. The van der Waals surface area contributed by atoms with Crippen molar-refractivity contribution >= 4 is 23.2 Å². The highest BCUT2D eigenvalue weighted by molar-refractivity contribution is 6.01. The molecule has 0 aliphatic heterocycles. The van der Waals surface area contributed by atoms with Crippen molar-refractivity contribution < 1.29 is 14.0 Å². The Hall–Kier alpha value is -3.48. The fourth-order valence-electron chi connectivity index (χ4n) is 2.07. The van der Waals surface area contributed by atoms with Gasteiger partial charge in [0.05, 0.1) is 0 Å². The maximum atomic E-state index is 12.2. The van der Waals surface area contributed by atoms with E-state index >= 15 is 0 Å². The summed E-state index contributed by atoms with van der Waals surface area (Å²) >= 11 is 0. The molecule has 0 unspecified atom stereocenters. The van der Waals surface area contributed by atoms with Crippen LogP contribution in [-0.4, -0.2) is 22.0 Å². The van der Waals surface area contributed by atoms with Gasteiger partial charge in [-0.15, -0.1) is 10.2 Å². The van der Waals surface area contributed by atoms with Gasteiger partial charge >= 0.3 is 11.8 Å². The first-order chi connectivity index (χ1) is 11.6. The van der Waals surface area contributed by atoms with Crippen LogP contribution in [-0.2, 0) is 4.79 Å². The number of aromatic nitrogens is 2. The standard InChI is InChI=1S/C17H14N4O3/c1-11(22)18-13-8-5-9-14(10-13)19-15(23)17-21-20-16(24-17)12-6-3-2-4-7-12/h2-10H,1H3,(H,18,22)(H,19,23). The van der Waals surface area contributed by atoms with Crippen LogP contribution in [0, 0.1) is 0 Å². The van der Waals surface area contributed by atoms with Crippen molar-refractivity contribution in [2.75, 3.05) is 10.6 Å². The molecule has 0 aliphatic rings. The van der Waals surface area contributed by atoms with Gasteiger partial charge in [-0.05, 0) is 30.3 Å². The van der Waals surface area contributed by atoms with Crippen molar-refractivity contribution in [1.82, 2.24) is 10.2 Å². The fourth-order valence-corrected chi connectivity index (χ4v) is 2.07. The maximum Gasteiger partial charge on any atom is 0.313 e. The van der Waals surface area contributed by atoms with Crippen LogP contribution in [0.5, 0.6) is 0 Å². The number of nitrogens with zero attached hydrogens (tertiary/aromatic N) is 2. The molecule has 0 fully saturated rings. The molecule has 24 heavy (non-hydrogen) atoms. The minimum atomic E-state index is -0.523. The van der Waals surface area contributed by atoms with Gasteiger partial charge in [0.1, 0.15) is 0 Å². The molecular formula is C17H14N4O3. The van der Waals surface area contributed by atoms with Gasteiger partial charge in [-0.1, -0.05) is 24.3 Å². The lowest BCUT2D eigenvalue weighted by Gasteiger charge is -2.06. The van der Waals surface area contributed by atoms with Crippen LogP contribution in [0.3, 0.4) is 0 Å². The molecule has 0 atom stereocenters. The topological polar surface area (TPSA) is 97.1 Å². The molecule has 7 nitrogen and oxygen atoms in total. The van der Waals surface area contributed by atoms with Crippen LogP contribution < -0.4 is 10.6 Å². The molecular weight excluding hydrogens is 308 g/mol. The SMILES string of the molecule is CC(=O)Nc1cccc(NC(=O)c2nnc(-c3ccccc3)o2)c1. The first-order valence-corrected chi connectivity index (χ1v) is 7.20. The molecule has 0 bridgehead atoms. The summed E-state index contributed by atoms with van der Waals surface area (Å²) in [6, 6.07) is 15.9. The fraction of sp³-hybridized carbons (Fsp3) is 0.0588.